The van der Waals surface area contributed by atoms with Gasteiger partial charge in [0.05, 0.1) is 11.4 Å². The third kappa shape index (κ3) is 3.14. The van der Waals surface area contributed by atoms with E-state index in [4.69, 9.17) is 4.99 Å². The minimum absolute atomic E-state index is 0.0197. The first-order valence-corrected chi connectivity index (χ1v) is 9.10. The zero-order valence-corrected chi connectivity index (χ0v) is 16.0. The van der Waals surface area contributed by atoms with Crippen molar-refractivity contribution in [1.29, 1.82) is 0 Å². The van der Waals surface area contributed by atoms with Crippen LogP contribution in [-0.4, -0.2) is 20.0 Å². The molecule has 0 aliphatic carbocycles. The molecule has 29 heavy (non-hydrogen) atoms. The van der Waals surface area contributed by atoms with E-state index in [1.54, 1.807) is 0 Å². The van der Waals surface area contributed by atoms with Crippen molar-refractivity contribution in [1.82, 2.24) is 9.13 Å². The van der Waals surface area contributed by atoms with Gasteiger partial charge < -0.3 is 5.11 Å². The van der Waals surface area contributed by atoms with Crippen LogP contribution < -0.4 is 11.2 Å². The summed E-state index contributed by atoms with van der Waals surface area (Å²) in [6.07, 6.45) is 0. The molecule has 1 N–H and O–H groups in total. The molecule has 0 atom stereocenters. The molecule has 0 spiro atoms. The fourth-order valence-electron chi connectivity index (χ4n) is 3.33. The van der Waals surface area contributed by atoms with Crippen molar-refractivity contribution in [2.24, 2.45) is 19.1 Å². The molecule has 144 valence electrons. The number of aromatic nitrogens is 2. The Morgan fingerprint density at radius 1 is 0.828 bits per heavy atom. The van der Waals surface area contributed by atoms with Crippen LogP contribution >= 0.6 is 0 Å². The second-order valence-electron chi connectivity index (χ2n) is 6.73. The maximum atomic E-state index is 12.9. The largest absolute Gasteiger partial charge is 0.494 e. The average Bonchev–Trinajstić information content (AvgIpc) is 2.76. The highest BCUT2D eigenvalue weighted by Crippen LogP contribution is 2.28. The standard InChI is InChI=1S/C23H19N3O3/c1-25-21(27)19(22(28)26(2)23(25)29)20(16-10-4-3-5-11-16)24-18-14-8-12-15-9-6-7-13-17(15)18/h3-14,27H,1-2H3. The summed E-state index contributed by atoms with van der Waals surface area (Å²) < 4.78 is 2.01. The second kappa shape index (κ2) is 7.24. The molecule has 0 radical (unpaired) electrons. The smallest absolute Gasteiger partial charge is 0.333 e. The minimum atomic E-state index is -0.603. The summed E-state index contributed by atoms with van der Waals surface area (Å²) in [5, 5.41) is 12.6. The number of aliphatic imine (C=N–C) groups is 1. The van der Waals surface area contributed by atoms with Gasteiger partial charge in [0.1, 0.15) is 5.56 Å². The van der Waals surface area contributed by atoms with E-state index >= 15 is 0 Å². The average molecular weight is 385 g/mol. The monoisotopic (exact) mass is 385 g/mol. The first-order valence-electron chi connectivity index (χ1n) is 9.10. The molecule has 6 heteroatoms. The van der Waals surface area contributed by atoms with Gasteiger partial charge >= 0.3 is 5.69 Å². The Morgan fingerprint density at radius 3 is 2.24 bits per heavy atom. The van der Waals surface area contributed by atoms with Gasteiger partial charge in [-0.2, -0.15) is 0 Å². The summed E-state index contributed by atoms with van der Waals surface area (Å²) in [6, 6.07) is 22.7. The summed E-state index contributed by atoms with van der Waals surface area (Å²) in [6.45, 7) is 0. The molecular weight excluding hydrogens is 366 g/mol. The van der Waals surface area contributed by atoms with E-state index in [0.29, 0.717) is 17.0 Å². The third-order valence-corrected chi connectivity index (χ3v) is 4.92. The molecule has 0 bridgehead atoms. The highest BCUT2D eigenvalue weighted by atomic mass is 16.3. The van der Waals surface area contributed by atoms with Gasteiger partial charge in [-0.1, -0.05) is 66.7 Å². The van der Waals surface area contributed by atoms with Crippen molar-refractivity contribution < 1.29 is 5.11 Å². The van der Waals surface area contributed by atoms with Crippen LogP contribution in [0, 0.1) is 0 Å². The van der Waals surface area contributed by atoms with Crippen LogP contribution in [0.15, 0.2) is 87.4 Å². The molecule has 0 saturated carbocycles. The van der Waals surface area contributed by atoms with Gasteiger partial charge in [0.25, 0.3) is 5.56 Å². The van der Waals surface area contributed by atoms with Gasteiger partial charge in [-0.15, -0.1) is 0 Å². The Morgan fingerprint density at radius 2 is 1.48 bits per heavy atom. The van der Waals surface area contributed by atoms with Crippen LogP contribution in [0.4, 0.5) is 5.69 Å². The van der Waals surface area contributed by atoms with Crippen LogP contribution in [-0.2, 0) is 14.1 Å². The molecule has 0 unspecified atom stereocenters. The maximum absolute atomic E-state index is 12.9. The predicted octanol–water partition coefficient (Wildman–Crippen LogP) is 3.11. The lowest BCUT2D eigenvalue weighted by atomic mass is 10.0. The molecule has 3 aromatic carbocycles. The number of aromatic hydroxyl groups is 1. The highest BCUT2D eigenvalue weighted by Gasteiger charge is 2.21. The van der Waals surface area contributed by atoms with Crippen LogP contribution in [0.5, 0.6) is 5.88 Å². The number of hydrogen-bond acceptors (Lipinski definition) is 4. The number of benzene rings is 3. The van der Waals surface area contributed by atoms with Gasteiger partial charge in [-0.05, 0) is 11.5 Å². The Kier molecular flexibility index (Phi) is 4.60. The summed E-state index contributed by atoms with van der Waals surface area (Å²) in [7, 11) is 2.80. The molecule has 0 fully saturated rings. The minimum Gasteiger partial charge on any atom is -0.494 e. The van der Waals surface area contributed by atoms with Crippen LogP contribution in [0.1, 0.15) is 11.1 Å². The van der Waals surface area contributed by atoms with Gasteiger partial charge in [-0.25, -0.2) is 9.79 Å². The van der Waals surface area contributed by atoms with E-state index in [0.717, 1.165) is 19.9 Å². The molecule has 4 rings (SSSR count). The number of nitrogens with zero attached hydrogens (tertiary/aromatic N) is 3. The van der Waals surface area contributed by atoms with E-state index < -0.39 is 17.1 Å². The van der Waals surface area contributed by atoms with E-state index in [1.165, 1.54) is 14.1 Å². The number of rotatable bonds is 3. The molecule has 0 saturated heterocycles. The summed E-state index contributed by atoms with van der Waals surface area (Å²) in [4.78, 5) is 29.9. The summed E-state index contributed by atoms with van der Waals surface area (Å²) in [5.41, 5.74) is 0.399. The van der Waals surface area contributed by atoms with E-state index in [9.17, 15) is 14.7 Å². The van der Waals surface area contributed by atoms with Gasteiger partial charge in [0, 0.05) is 25.0 Å². The molecule has 0 amide bonds. The van der Waals surface area contributed by atoms with Crippen molar-refractivity contribution in [3.05, 3.63) is 105 Å². The number of hydrogen-bond donors (Lipinski definition) is 1. The van der Waals surface area contributed by atoms with Crippen molar-refractivity contribution >= 4 is 22.2 Å². The van der Waals surface area contributed by atoms with Crippen LogP contribution in [0.2, 0.25) is 0 Å². The number of fused-ring (bicyclic) bond motifs is 1. The van der Waals surface area contributed by atoms with Crippen molar-refractivity contribution in [2.45, 2.75) is 0 Å². The van der Waals surface area contributed by atoms with Gasteiger partial charge in [0.15, 0.2) is 0 Å². The van der Waals surface area contributed by atoms with E-state index in [1.807, 2.05) is 72.8 Å². The molecular formula is C23H19N3O3. The molecule has 1 aromatic heterocycles. The second-order valence-corrected chi connectivity index (χ2v) is 6.73. The van der Waals surface area contributed by atoms with Crippen molar-refractivity contribution in [3.63, 3.8) is 0 Å². The Bertz CT molecular complexity index is 1360. The quantitative estimate of drug-likeness (QED) is 0.551. The highest BCUT2D eigenvalue weighted by molar-refractivity contribution is 6.16. The Labute approximate surface area is 166 Å². The molecule has 1 heterocycles. The molecule has 0 aliphatic rings. The SMILES string of the molecule is Cn1c(O)c(C(=Nc2cccc3ccccc23)c2ccccc2)c(=O)n(C)c1=O. The third-order valence-electron chi connectivity index (χ3n) is 4.92. The first-order chi connectivity index (χ1) is 14.0. The topological polar surface area (TPSA) is 76.6 Å². The maximum Gasteiger partial charge on any atom is 0.333 e. The lowest BCUT2D eigenvalue weighted by Crippen LogP contribution is -2.40. The lowest BCUT2D eigenvalue weighted by molar-refractivity contribution is 0.410. The summed E-state index contributed by atoms with van der Waals surface area (Å²) in [5.74, 6) is -0.416. The fraction of sp³-hybridized carbons (Fsp3) is 0.0870. The predicted molar refractivity (Wildman–Crippen MR) is 114 cm³/mol. The fourth-order valence-corrected chi connectivity index (χ4v) is 3.33. The molecule has 0 aliphatic heterocycles. The Balaban J connectivity index is 2.10. The normalized spacial score (nSPS) is 11.7. The van der Waals surface area contributed by atoms with Crippen LogP contribution in [0.3, 0.4) is 0 Å². The zero-order valence-electron chi connectivity index (χ0n) is 16.0. The Hall–Kier alpha value is -3.93. The molecule has 4 aromatic rings. The zero-order chi connectivity index (χ0) is 20.5. The first kappa shape index (κ1) is 18.4. The van der Waals surface area contributed by atoms with Gasteiger partial charge in [0.2, 0.25) is 5.88 Å². The van der Waals surface area contributed by atoms with Crippen molar-refractivity contribution in [3.8, 4) is 5.88 Å². The van der Waals surface area contributed by atoms with E-state index in [2.05, 4.69) is 0 Å². The lowest BCUT2D eigenvalue weighted by Gasteiger charge is -2.13. The van der Waals surface area contributed by atoms with E-state index in [-0.39, 0.29) is 5.56 Å². The van der Waals surface area contributed by atoms with Gasteiger partial charge in [-0.3, -0.25) is 13.9 Å². The summed E-state index contributed by atoms with van der Waals surface area (Å²) >= 11 is 0. The van der Waals surface area contributed by atoms with Crippen molar-refractivity contribution in [2.75, 3.05) is 0 Å². The van der Waals surface area contributed by atoms with Crippen LogP contribution in [0.25, 0.3) is 10.8 Å². The molecule has 6 nitrogen and oxygen atoms in total.